The lowest BCUT2D eigenvalue weighted by Crippen LogP contribution is -2.50. The Hall–Kier alpha value is -1.80. The average Bonchev–Trinajstić information content (AvgIpc) is 3.07. The smallest absolute Gasteiger partial charge is 0.254 e. The molecule has 2 aromatic rings. The maximum atomic E-state index is 13.4. The topological polar surface area (TPSA) is 43.9 Å². The van der Waals surface area contributed by atoms with Crippen molar-refractivity contribution in [2.75, 3.05) is 39.3 Å². The fourth-order valence-electron chi connectivity index (χ4n) is 4.05. The van der Waals surface area contributed by atoms with Crippen LogP contribution in [0.15, 0.2) is 42.5 Å². The standard InChI is InChI=1S/C23H24Cl2FN3O2S/c1-15-21(30)29(23(32-15)17-5-6-19(24)20(25)14-17)12-9-27-7-10-28(11-8-27)22(31)16-3-2-4-18(26)13-16/h2-6,13-15,23H,7-12H2,1H3/t15-,23+/m0/s1. The van der Waals surface area contributed by atoms with Gasteiger partial charge >= 0.3 is 0 Å². The summed E-state index contributed by atoms with van der Waals surface area (Å²) in [6.45, 7) is 5.81. The van der Waals surface area contributed by atoms with Crippen LogP contribution in [0.2, 0.25) is 10.0 Å². The Bertz CT molecular complexity index is 1020. The molecule has 0 aliphatic carbocycles. The van der Waals surface area contributed by atoms with E-state index in [0.29, 0.717) is 48.3 Å². The SMILES string of the molecule is C[C@@H]1S[C@H](c2ccc(Cl)c(Cl)c2)N(CCN2CCN(C(=O)c3cccc(F)c3)CC2)C1=O. The van der Waals surface area contributed by atoms with Crippen molar-refractivity contribution in [3.05, 3.63) is 69.5 Å². The van der Waals surface area contributed by atoms with E-state index in [-0.39, 0.29) is 22.4 Å². The lowest BCUT2D eigenvalue weighted by atomic mass is 10.1. The summed E-state index contributed by atoms with van der Waals surface area (Å²) in [6, 6.07) is 11.3. The first kappa shape index (κ1) is 23.4. The fraction of sp³-hybridized carbons (Fsp3) is 0.391. The minimum atomic E-state index is -0.409. The molecule has 2 fully saturated rings. The van der Waals surface area contributed by atoms with Crippen molar-refractivity contribution in [2.45, 2.75) is 17.5 Å². The summed E-state index contributed by atoms with van der Waals surface area (Å²) in [5.74, 6) is -0.442. The Labute approximate surface area is 201 Å². The van der Waals surface area contributed by atoms with Gasteiger partial charge in [0.1, 0.15) is 11.2 Å². The van der Waals surface area contributed by atoms with Crippen LogP contribution < -0.4 is 0 Å². The largest absolute Gasteiger partial charge is 0.336 e. The monoisotopic (exact) mass is 495 g/mol. The lowest BCUT2D eigenvalue weighted by Gasteiger charge is -2.36. The molecule has 170 valence electrons. The highest BCUT2D eigenvalue weighted by molar-refractivity contribution is 8.01. The number of hydrogen-bond donors (Lipinski definition) is 0. The molecule has 0 saturated carbocycles. The predicted molar refractivity (Wildman–Crippen MR) is 127 cm³/mol. The van der Waals surface area contributed by atoms with E-state index in [2.05, 4.69) is 4.90 Å². The number of halogens is 3. The van der Waals surface area contributed by atoms with Crippen LogP contribution in [0.3, 0.4) is 0 Å². The third-order valence-electron chi connectivity index (χ3n) is 5.86. The number of nitrogens with zero attached hydrogens (tertiary/aromatic N) is 3. The molecule has 0 spiro atoms. The van der Waals surface area contributed by atoms with Gasteiger partial charge in [0.15, 0.2) is 0 Å². The Kier molecular flexibility index (Phi) is 7.30. The van der Waals surface area contributed by atoms with Crippen molar-refractivity contribution < 1.29 is 14.0 Å². The molecule has 32 heavy (non-hydrogen) atoms. The zero-order valence-electron chi connectivity index (χ0n) is 17.6. The van der Waals surface area contributed by atoms with E-state index in [1.165, 1.54) is 12.1 Å². The van der Waals surface area contributed by atoms with Crippen molar-refractivity contribution in [3.8, 4) is 0 Å². The second-order valence-electron chi connectivity index (χ2n) is 7.98. The first-order chi connectivity index (χ1) is 15.3. The molecule has 0 radical (unpaired) electrons. The third-order valence-corrected chi connectivity index (χ3v) is 8.00. The number of hydrogen-bond acceptors (Lipinski definition) is 4. The van der Waals surface area contributed by atoms with E-state index >= 15 is 0 Å². The highest BCUT2D eigenvalue weighted by Gasteiger charge is 2.38. The van der Waals surface area contributed by atoms with Gasteiger partial charge in [0.05, 0.1) is 15.3 Å². The number of carbonyl (C=O) groups excluding carboxylic acids is 2. The Morgan fingerprint density at radius 3 is 2.50 bits per heavy atom. The van der Waals surface area contributed by atoms with Crippen LogP contribution >= 0.6 is 35.0 Å². The summed E-state index contributed by atoms with van der Waals surface area (Å²) in [5, 5.41) is 0.768. The van der Waals surface area contributed by atoms with Gasteiger partial charge in [-0.05, 0) is 42.8 Å². The molecule has 0 unspecified atom stereocenters. The Morgan fingerprint density at radius 1 is 1.06 bits per heavy atom. The number of benzene rings is 2. The van der Waals surface area contributed by atoms with Gasteiger partial charge in [0.25, 0.3) is 5.91 Å². The second-order valence-corrected chi connectivity index (χ2v) is 10.2. The van der Waals surface area contributed by atoms with Gasteiger partial charge in [-0.25, -0.2) is 4.39 Å². The summed E-state index contributed by atoms with van der Waals surface area (Å²) in [5.41, 5.74) is 1.34. The van der Waals surface area contributed by atoms with Gasteiger partial charge in [-0.15, -0.1) is 11.8 Å². The highest BCUT2D eigenvalue weighted by atomic mass is 35.5. The van der Waals surface area contributed by atoms with Gasteiger partial charge in [-0.3, -0.25) is 14.5 Å². The number of rotatable bonds is 5. The lowest BCUT2D eigenvalue weighted by molar-refractivity contribution is -0.130. The number of carbonyl (C=O) groups is 2. The molecule has 2 atom stereocenters. The van der Waals surface area contributed by atoms with Crippen LogP contribution in [0.5, 0.6) is 0 Å². The summed E-state index contributed by atoms with van der Waals surface area (Å²) in [7, 11) is 0. The molecule has 9 heteroatoms. The first-order valence-corrected chi connectivity index (χ1v) is 12.2. The van der Waals surface area contributed by atoms with Gasteiger partial charge < -0.3 is 9.80 Å². The molecule has 0 aromatic heterocycles. The predicted octanol–water partition coefficient (Wildman–Crippen LogP) is 4.55. The van der Waals surface area contributed by atoms with E-state index in [9.17, 15) is 14.0 Å². The molecule has 4 rings (SSSR count). The number of piperazine rings is 1. The average molecular weight is 496 g/mol. The quantitative estimate of drug-likeness (QED) is 0.609. The van der Waals surface area contributed by atoms with E-state index in [1.54, 1.807) is 34.9 Å². The van der Waals surface area contributed by atoms with Crippen molar-refractivity contribution in [1.82, 2.24) is 14.7 Å². The van der Waals surface area contributed by atoms with Crippen molar-refractivity contribution in [1.29, 1.82) is 0 Å². The van der Waals surface area contributed by atoms with Crippen LogP contribution in [-0.2, 0) is 4.79 Å². The summed E-state index contributed by atoms with van der Waals surface area (Å²) >= 11 is 13.9. The second kappa shape index (κ2) is 10.00. The third kappa shape index (κ3) is 5.06. The van der Waals surface area contributed by atoms with Gasteiger partial charge in [-0.2, -0.15) is 0 Å². The highest BCUT2D eigenvalue weighted by Crippen LogP contribution is 2.43. The minimum Gasteiger partial charge on any atom is -0.336 e. The van der Waals surface area contributed by atoms with Crippen LogP contribution in [-0.4, -0.2) is 71.0 Å². The van der Waals surface area contributed by atoms with Crippen LogP contribution in [0.1, 0.15) is 28.2 Å². The zero-order valence-corrected chi connectivity index (χ0v) is 20.0. The summed E-state index contributed by atoms with van der Waals surface area (Å²) < 4.78 is 13.4. The van der Waals surface area contributed by atoms with Gasteiger partial charge in [0.2, 0.25) is 5.91 Å². The van der Waals surface area contributed by atoms with Crippen LogP contribution in [0, 0.1) is 5.82 Å². The molecule has 2 saturated heterocycles. The zero-order chi connectivity index (χ0) is 22.8. The van der Waals surface area contributed by atoms with Crippen LogP contribution in [0.25, 0.3) is 0 Å². The van der Waals surface area contributed by atoms with Crippen molar-refractivity contribution in [3.63, 3.8) is 0 Å². The molecular formula is C23H24Cl2FN3O2S. The normalized spacial score (nSPS) is 21.9. The minimum absolute atomic E-state index is 0.0943. The van der Waals surface area contributed by atoms with Crippen LogP contribution in [0.4, 0.5) is 4.39 Å². The molecule has 2 aromatic carbocycles. The van der Waals surface area contributed by atoms with E-state index in [0.717, 1.165) is 12.1 Å². The maximum absolute atomic E-state index is 13.4. The maximum Gasteiger partial charge on any atom is 0.254 e. The van der Waals surface area contributed by atoms with E-state index in [1.807, 2.05) is 24.0 Å². The van der Waals surface area contributed by atoms with Crippen molar-refractivity contribution >= 4 is 46.8 Å². The summed E-state index contributed by atoms with van der Waals surface area (Å²) in [6.07, 6.45) is 0. The molecule has 0 bridgehead atoms. The molecule has 0 N–H and O–H groups in total. The number of thioether (sulfide) groups is 1. The Morgan fingerprint density at radius 2 is 1.81 bits per heavy atom. The molecule has 5 nitrogen and oxygen atoms in total. The molecular weight excluding hydrogens is 472 g/mol. The fourth-order valence-corrected chi connectivity index (χ4v) is 5.66. The van der Waals surface area contributed by atoms with Crippen molar-refractivity contribution in [2.24, 2.45) is 0 Å². The van der Waals surface area contributed by atoms with E-state index < -0.39 is 5.82 Å². The summed E-state index contributed by atoms with van der Waals surface area (Å²) in [4.78, 5) is 31.3. The van der Waals surface area contributed by atoms with Gasteiger partial charge in [0, 0.05) is 44.8 Å². The molecule has 2 heterocycles. The molecule has 2 aliphatic rings. The molecule has 2 amide bonds. The first-order valence-electron chi connectivity index (χ1n) is 10.5. The van der Waals surface area contributed by atoms with E-state index in [4.69, 9.17) is 23.2 Å². The Balaban J connectivity index is 1.34. The van der Waals surface area contributed by atoms with Gasteiger partial charge in [-0.1, -0.05) is 35.3 Å². The molecule has 2 aliphatic heterocycles. The number of amides is 2.